The van der Waals surface area contributed by atoms with E-state index in [-0.39, 0.29) is 67.7 Å². The van der Waals surface area contributed by atoms with E-state index in [1.54, 1.807) is 24.3 Å². The van der Waals surface area contributed by atoms with Crippen molar-refractivity contribution in [2.45, 2.75) is 25.4 Å². The molecular formula is C24H26N8O6. The molecule has 0 radical (unpaired) electrons. The van der Waals surface area contributed by atoms with Gasteiger partial charge in [-0.25, -0.2) is 9.97 Å². The third-order valence-electron chi connectivity index (χ3n) is 5.08. The van der Waals surface area contributed by atoms with Crippen LogP contribution in [0.4, 0.5) is 11.6 Å². The number of benzene rings is 1. The molecule has 38 heavy (non-hydrogen) atoms. The third-order valence-corrected chi connectivity index (χ3v) is 5.08. The predicted molar refractivity (Wildman–Crippen MR) is 136 cm³/mol. The number of nitrogen functional groups attached to an aromatic ring is 1. The molecule has 0 saturated heterocycles. The molecule has 0 spiro atoms. The van der Waals surface area contributed by atoms with Crippen LogP contribution < -0.4 is 21.7 Å². The summed E-state index contributed by atoms with van der Waals surface area (Å²) in [6.45, 7) is 0.686. The molecule has 0 aliphatic rings. The quantitative estimate of drug-likeness (QED) is 0.130. The molecule has 3 aromatic rings. The summed E-state index contributed by atoms with van der Waals surface area (Å²) in [6.07, 6.45) is 6.18. The van der Waals surface area contributed by atoms with Gasteiger partial charge >= 0.3 is 5.97 Å². The number of carbonyl (C=O) groups excluding carboxylic acids is 2. The Kier molecular flexibility index (Phi) is 9.66. The first-order chi connectivity index (χ1) is 18.3. The highest BCUT2D eigenvalue weighted by molar-refractivity contribution is 5.97. The number of nitrogens with zero attached hydrogens (tertiary/aromatic N) is 4. The summed E-state index contributed by atoms with van der Waals surface area (Å²) in [6, 6.07) is 5.35. The van der Waals surface area contributed by atoms with Gasteiger partial charge < -0.3 is 36.6 Å². The Balaban J connectivity index is 1.58. The maximum atomic E-state index is 12.7. The molecule has 2 amide bonds. The number of carboxylic acids is 1. The molecule has 0 aliphatic heterocycles. The summed E-state index contributed by atoms with van der Waals surface area (Å²) < 4.78 is 5.08. The Morgan fingerprint density at radius 1 is 1.16 bits per heavy atom. The van der Waals surface area contributed by atoms with Crippen molar-refractivity contribution in [3.63, 3.8) is 0 Å². The Morgan fingerprint density at radius 2 is 1.92 bits per heavy atom. The summed E-state index contributed by atoms with van der Waals surface area (Å²) in [5, 5.41) is 27.2. The molecule has 1 aromatic carbocycles. The lowest BCUT2D eigenvalue weighted by Crippen LogP contribution is -2.47. The molecular weight excluding hydrogens is 496 g/mol. The molecule has 3 rings (SSSR count). The van der Waals surface area contributed by atoms with Crippen LogP contribution >= 0.6 is 0 Å². The minimum Gasteiger partial charge on any atom is -0.492 e. The maximum absolute atomic E-state index is 12.7. The molecule has 1 atom stereocenters. The fourth-order valence-corrected chi connectivity index (χ4v) is 3.24. The molecule has 198 valence electrons. The smallest absolute Gasteiger partial charge is 0.303 e. The van der Waals surface area contributed by atoms with Gasteiger partial charge in [0.05, 0.1) is 25.0 Å². The van der Waals surface area contributed by atoms with E-state index in [2.05, 4.69) is 41.8 Å². The van der Waals surface area contributed by atoms with E-state index < -0.39 is 23.8 Å². The number of nitrogens with two attached hydrogens (primary N) is 1. The second-order valence-electron chi connectivity index (χ2n) is 7.88. The third kappa shape index (κ3) is 8.00. The topological polar surface area (TPSA) is 215 Å². The Morgan fingerprint density at radius 3 is 2.63 bits per heavy atom. The minimum atomic E-state index is -1.09. The van der Waals surface area contributed by atoms with Gasteiger partial charge in [-0.05, 0) is 30.7 Å². The normalized spacial score (nSPS) is 11.3. The fraction of sp³-hybridized carbons (Fsp3) is 0.292. The van der Waals surface area contributed by atoms with Gasteiger partial charge in [0.1, 0.15) is 12.6 Å². The monoisotopic (exact) mass is 522 g/mol. The van der Waals surface area contributed by atoms with Crippen molar-refractivity contribution in [3.05, 3.63) is 41.7 Å². The standard InChI is InChI=1S/C24H26N8O6/c1-2-10-38-11-9-26-22(36)17(7-8-18(33)34)30-21(35)14-3-5-15(6-4-14)27-12-16-13-28-20-19(29-16)23(37)32-24(25)31-20/h1,3-6,13,17,27H,7-12H2,(H,26,36)(H,30,35)(H,33,34)(H3,25,28,31,32,37)/t17-/m0/s1. The first-order valence-electron chi connectivity index (χ1n) is 11.4. The second-order valence-corrected chi connectivity index (χ2v) is 7.88. The van der Waals surface area contributed by atoms with Crippen molar-refractivity contribution >= 4 is 40.6 Å². The molecule has 14 heteroatoms. The van der Waals surface area contributed by atoms with Crippen LogP contribution in [0.3, 0.4) is 0 Å². The van der Waals surface area contributed by atoms with E-state index in [1.165, 1.54) is 6.20 Å². The van der Waals surface area contributed by atoms with Crippen molar-refractivity contribution in [2.75, 3.05) is 30.8 Å². The summed E-state index contributed by atoms with van der Waals surface area (Å²) in [7, 11) is 0. The number of carbonyl (C=O) groups is 3. The number of amides is 2. The van der Waals surface area contributed by atoms with Crippen LogP contribution in [0.25, 0.3) is 11.2 Å². The van der Waals surface area contributed by atoms with Gasteiger partial charge in [0.15, 0.2) is 11.2 Å². The largest absolute Gasteiger partial charge is 0.492 e. The van der Waals surface area contributed by atoms with Gasteiger partial charge in [-0.2, -0.15) is 9.97 Å². The maximum Gasteiger partial charge on any atom is 0.303 e. The Hall–Kier alpha value is -5.03. The van der Waals surface area contributed by atoms with Gasteiger partial charge in [-0.15, -0.1) is 6.42 Å². The number of aliphatic carboxylic acids is 1. The second kappa shape index (κ2) is 13.3. The van der Waals surface area contributed by atoms with Crippen LogP contribution in [-0.2, 0) is 20.9 Å². The van der Waals surface area contributed by atoms with Crippen LogP contribution in [0, 0.1) is 12.3 Å². The molecule has 0 aliphatic carbocycles. The summed E-state index contributed by atoms with van der Waals surface area (Å²) in [5.41, 5.74) is 7.20. The summed E-state index contributed by atoms with van der Waals surface area (Å²) >= 11 is 0. The molecule has 2 aromatic heterocycles. The lowest BCUT2D eigenvalue weighted by molar-refractivity contribution is -0.137. The molecule has 0 fully saturated rings. The predicted octanol–water partition coefficient (Wildman–Crippen LogP) is 0.0489. The first-order valence-corrected chi connectivity index (χ1v) is 11.4. The van der Waals surface area contributed by atoms with Crippen LogP contribution in [0.5, 0.6) is 5.88 Å². The molecule has 0 bridgehead atoms. The fourth-order valence-electron chi connectivity index (χ4n) is 3.24. The highest BCUT2D eigenvalue weighted by Crippen LogP contribution is 2.19. The number of hydrogen-bond acceptors (Lipinski definition) is 11. The number of carboxylic acid groups (broad SMARTS) is 1. The zero-order valence-electron chi connectivity index (χ0n) is 20.2. The van der Waals surface area contributed by atoms with Gasteiger partial charge in [0, 0.05) is 24.2 Å². The van der Waals surface area contributed by atoms with Crippen molar-refractivity contribution < 1.29 is 29.3 Å². The number of anilines is 2. The summed E-state index contributed by atoms with van der Waals surface area (Å²) in [4.78, 5) is 52.2. The van der Waals surface area contributed by atoms with Crippen LogP contribution in [0.15, 0.2) is 30.5 Å². The SMILES string of the molecule is C#CCOCCNC(=O)[C@H](CCC(=O)O)NC(=O)c1ccc(NCc2cnc3nc(N)nc(O)c3n2)cc1. The van der Waals surface area contributed by atoms with Gasteiger partial charge in [-0.1, -0.05) is 5.92 Å². The lowest BCUT2D eigenvalue weighted by atomic mass is 10.1. The van der Waals surface area contributed by atoms with Crippen molar-refractivity contribution in [2.24, 2.45) is 0 Å². The molecule has 7 N–H and O–H groups in total. The van der Waals surface area contributed by atoms with Gasteiger partial charge in [-0.3, -0.25) is 14.4 Å². The van der Waals surface area contributed by atoms with E-state index in [4.69, 9.17) is 22.0 Å². The molecule has 14 nitrogen and oxygen atoms in total. The van der Waals surface area contributed by atoms with E-state index in [1.807, 2.05) is 0 Å². The Labute approximate surface area is 217 Å². The number of nitrogens with one attached hydrogen (secondary N) is 3. The van der Waals surface area contributed by atoms with Crippen LogP contribution in [0.1, 0.15) is 28.9 Å². The average molecular weight is 523 g/mol. The van der Waals surface area contributed by atoms with Crippen molar-refractivity contribution in [1.82, 2.24) is 30.6 Å². The number of terminal acetylenes is 1. The highest BCUT2D eigenvalue weighted by atomic mass is 16.5. The van der Waals surface area contributed by atoms with Gasteiger partial charge in [0.25, 0.3) is 5.91 Å². The van der Waals surface area contributed by atoms with Crippen molar-refractivity contribution in [1.29, 1.82) is 0 Å². The van der Waals surface area contributed by atoms with Crippen LogP contribution in [0.2, 0.25) is 0 Å². The minimum absolute atomic E-state index is 0.0856. The lowest BCUT2D eigenvalue weighted by Gasteiger charge is -2.18. The van der Waals surface area contributed by atoms with E-state index in [9.17, 15) is 19.5 Å². The van der Waals surface area contributed by atoms with E-state index in [0.29, 0.717) is 11.4 Å². The zero-order valence-corrected chi connectivity index (χ0v) is 20.2. The average Bonchev–Trinajstić information content (AvgIpc) is 2.89. The van der Waals surface area contributed by atoms with Gasteiger partial charge in [0.2, 0.25) is 17.7 Å². The zero-order chi connectivity index (χ0) is 27.5. The first kappa shape index (κ1) is 27.6. The molecule has 0 unspecified atom stereocenters. The van der Waals surface area contributed by atoms with E-state index >= 15 is 0 Å². The Bertz CT molecular complexity index is 1340. The van der Waals surface area contributed by atoms with Crippen molar-refractivity contribution in [3.8, 4) is 18.2 Å². The number of aromatic hydroxyl groups is 1. The highest BCUT2D eigenvalue weighted by Gasteiger charge is 2.22. The number of ether oxygens (including phenoxy) is 1. The molecule has 2 heterocycles. The summed E-state index contributed by atoms with van der Waals surface area (Å²) in [5.74, 6) is -0.343. The number of rotatable bonds is 13. The number of fused-ring (bicyclic) bond motifs is 1. The van der Waals surface area contributed by atoms with E-state index in [0.717, 1.165) is 0 Å². The molecule has 0 saturated carbocycles. The number of aromatic nitrogens is 4. The van der Waals surface area contributed by atoms with Crippen LogP contribution in [-0.4, -0.2) is 73.7 Å². The number of hydrogen-bond donors (Lipinski definition) is 6.